The van der Waals surface area contributed by atoms with Gasteiger partial charge in [0, 0.05) is 38.4 Å². The van der Waals surface area contributed by atoms with Crippen molar-refractivity contribution in [2.45, 2.75) is 32.9 Å². The first-order chi connectivity index (χ1) is 11.9. The molecule has 2 rings (SSSR count). The Morgan fingerprint density at radius 2 is 1.96 bits per heavy atom. The molecule has 0 radical (unpaired) electrons. The van der Waals surface area contributed by atoms with Gasteiger partial charge in [-0.25, -0.2) is 0 Å². The predicted molar refractivity (Wildman–Crippen MR) is 97.7 cm³/mol. The van der Waals surface area contributed by atoms with Crippen LogP contribution in [0.5, 0.6) is 0 Å². The maximum atomic E-state index is 12.6. The molecule has 1 aliphatic heterocycles. The van der Waals surface area contributed by atoms with Crippen molar-refractivity contribution in [3.05, 3.63) is 30.1 Å². The fourth-order valence-corrected chi connectivity index (χ4v) is 3.20. The van der Waals surface area contributed by atoms with Crippen LogP contribution in [0.25, 0.3) is 0 Å². The standard InChI is InChI=1S/C19H29N5O/c1-15(2)18(13-20)23-9-11-24(12-10-23)19(25)14-22(4)16(3)17-7-5-6-8-21-17/h5-8,15-16,18H,9-12,14H2,1-4H3/t16-,18+/m1/s1. The van der Waals surface area contributed by atoms with Gasteiger partial charge in [-0.05, 0) is 32.0 Å². The minimum Gasteiger partial charge on any atom is -0.339 e. The van der Waals surface area contributed by atoms with Crippen molar-refractivity contribution in [3.8, 4) is 6.07 Å². The summed E-state index contributed by atoms with van der Waals surface area (Å²) in [5.74, 6) is 0.445. The Labute approximate surface area is 151 Å². The summed E-state index contributed by atoms with van der Waals surface area (Å²) in [6.07, 6.45) is 1.78. The average molecular weight is 343 g/mol. The fraction of sp³-hybridized carbons (Fsp3) is 0.632. The quantitative estimate of drug-likeness (QED) is 0.788. The first-order valence-corrected chi connectivity index (χ1v) is 8.96. The van der Waals surface area contributed by atoms with Crippen LogP contribution in [-0.2, 0) is 4.79 Å². The third-order valence-corrected chi connectivity index (χ3v) is 4.99. The summed E-state index contributed by atoms with van der Waals surface area (Å²) in [7, 11) is 1.96. The van der Waals surface area contributed by atoms with Crippen LogP contribution < -0.4 is 0 Å². The van der Waals surface area contributed by atoms with E-state index in [9.17, 15) is 10.1 Å². The first-order valence-electron chi connectivity index (χ1n) is 8.96. The number of hydrogen-bond donors (Lipinski definition) is 0. The van der Waals surface area contributed by atoms with E-state index in [1.54, 1.807) is 6.20 Å². The second-order valence-corrected chi connectivity index (χ2v) is 7.08. The lowest BCUT2D eigenvalue weighted by Gasteiger charge is -2.38. The van der Waals surface area contributed by atoms with E-state index in [-0.39, 0.29) is 18.0 Å². The molecule has 2 atom stereocenters. The molecule has 1 aromatic rings. The molecule has 25 heavy (non-hydrogen) atoms. The fourth-order valence-electron chi connectivity index (χ4n) is 3.20. The van der Waals surface area contributed by atoms with Gasteiger partial charge in [0.25, 0.3) is 0 Å². The van der Waals surface area contributed by atoms with Crippen LogP contribution >= 0.6 is 0 Å². The van der Waals surface area contributed by atoms with Crippen molar-refractivity contribution in [1.82, 2.24) is 19.7 Å². The lowest BCUT2D eigenvalue weighted by Crippen LogP contribution is -2.54. The van der Waals surface area contributed by atoms with Gasteiger partial charge in [-0.15, -0.1) is 0 Å². The highest BCUT2D eigenvalue weighted by molar-refractivity contribution is 5.78. The third-order valence-electron chi connectivity index (χ3n) is 4.99. The number of piperazine rings is 1. The number of amides is 1. The zero-order valence-electron chi connectivity index (χ0n) is 15.7. The molecule has 2 heterocycles. The van der Waals surface area contributed by atoms with Crippen molar-refractivity contribution >= 4 is 5.91 Å². The van der Waals surface area contributed by atoms with Gasteiger partial charge in [0.1, 0.15) is 6.04 Å². The summed E-state index contributed by atoms with van der Waals surface area (Å²) < 4.78 is 0. The maximum absolute atomic E-state index is 12.6. The number of nitriles is 1. The summed E-state index contributed by atoms with van der Waals surface area (Å²) in [4.78, 5) is 23.1. The van der Waals surface area contributed by atoms with E-state index in [1.807, 2.05) is 35.0 Å². The predicted octanol–water partition coefficient (Wildman–Crippen LogP) is 1.77. The van der Waals surface area contributed by atoms with Crippen LogP contribution in [0.1, 0.15) is 32.5 Å². The van der Waals surface area contributed by atoms with Crippen LogP contribution in [0.4, 0.5) is 0 Å². The summed E-state index contributed by atoms with van der Waals surface area (Å²) in [5, 5.41) is 9.33. The number of nitrogens with zero attached hydrogens (tertiary/aromatic N) is 5. The minimum absolute atomic E-state index is 0.0656. The molecular weight excluding hydrogens is 314 g/mol. The number of aromatic nitrogens is 1. The van der Waals surface area contributed by atoms with Crippen molar-refractivity contribution in [2.75, 3.05) is 39.8 Å². The second-order valence-electron chi connectivity index (χ2n) is 7.08. The normalized spacial score (nSPS) is 18.2. The molecule has 0 bridgehead atoms. The van der Waals surface area contributed by atoms with E-state index in [1.165, 1.54) is 0 Å². The van der Waals surface area contributed by atoms with Gasteiger partial charge in [0.15, 0.2) is 0 Å². The third kappa shape index (κ3) is 5.00. The highest BCUT2D eigenvalue weighted by atomic mass is 16.2. The average Bonchev–Trinajstić information content (AvgIpc) is 2.62. The van der Waals surface area contributed by atoms with Gasteiger partial charge in [-0.1, -0.05) is 19.9 Å². The largest absolute Gasteiger partial charge is 0.339 e. The molecule has 0 saturated carbocycles. The van der Waals surface area contributed by atoms with E-state index in [4.69, 9.17) is 0 Å². The van der Waals surface area contributed by atoms with Gasteiger partial charge in [0.05, 0.1) is 18.3 Å². The number of rotatable bonds is 6. The molecule has 6 heteroatoms. The SMILES string of the molecule is CC(C)[C@H](C#N)N1CCN(C(=O)CN(C)[C@H](C)c2ccccn2)CC1. The van der Waals surface area contributed by atoms with Crippen LogP contribution in [0.15, 0.2) is 24.4 Å². The number of carbonyl (C=O) groups is 1. The smallest absolute Gasteiger partial charge is 0.236 e. The Morgan fingerprint density at radius 3 is 2.48 bits per heavy atom. The lowest BCUT2D eigenvalue weighted by atomic mass is 10.0. The van der Waals surface area contributed by atoms with Gasteiger partial charge in [-0.3, -0.25) is 19.6 Å². The molecule has 0 spiro atoms. The molecule has 0 N–H and O–H groups in total. The minimum atomic E-state index is -0.0656. The van der Waals surface area contributed by atoms with Gasteiger partial charge in [-0.2, -0.15) is 5.26 Å². The Bertz CT molecular complexity index is 590. The highest BCUT2D eigenvalue weighted by Crippen LogP contribution is 2.17. The molecule has 0 aromatic carbocycles. The Kier molecular flexibility index (Phi) is 6.91. The first kappa shape index (κ1) is 19.4. The van der Waals surface area contributed by atoms with Crippen LogP contribution in [0.3, 0.4) is 0 Å². The molecule has 0 aliphatic carbocycles. The van der Waals surface area contributed by atoms with Crippen molar-refractivity contribution in [3.63, 3.8) is 0 Å². The van der Waals surface area contributed by atoms with Crippen molar-refractivity contribution in [1.29, 1.82) is 5.26 Å². The molecule has 1 aliphatic rings. The summed E-state index contributed by atoms with van der Waals surface area (Å²) in [6, 6.07) is 8.26. The molecule has 1 saturated heterocycles. The summed E-state index contributed by atoms with van der Waals surface area (Å²) in [6.45, 7) is 9.49. The van der Waals surface area contributed by atoms with Gasteiger partial charge < -0.3 is 4.90 Å². The number of carbonyl (C=O) groups excluding carboxylic acids is 1. The molecule has 1 aromatic heterocycles. The number of pyridine rings is 1. The monoisotopic (exact) mass is 343 g/mol. The summed E-state index contributed by atoms with van der Waals surface area (Å²) >= 11 is 0. The van der Waals surface area contributed by atoms with Crippen LogP contribution in [0.2, 0.25) is 0 Å². The molecule has 1 amide bonds. The Morgan fingerprint density at radius 1 is 1.28 bits per heavy atom. The molecule has 0 unspecified atom stereocenters. The molecule has 136 valence electrons. The van der Waals surface area contributed by atoms with Gasteiger partial charge in [0.2, 0.25) is 5.91 Å². The van der Waals surface area contributed by atoms with E-state index in [2.05, 4.69) is 36.7 Å². The Hall–Kier alpha value is -1.97. The van der Waals surface area contributed by atoms with Crippen molar-refractivity contribution < 1.29 is 4.79 Å². The summed E-state index contributed by atoms with van der Waals surface area (Å²) in [5.41, 5.74) is 0.969. The van der Waals surface area contributed by atoms with Gasteiger partial charge >= 0.3 is 0 Å². The highest BCUT2D eigenvalue weighted by Gasteiger charge is 2.28. The molecular formula is C19H29N5O. The van der Waals surface area contributed by atoms with Crippen molar-refractivity contribution in [2.24, 2.45) is 5.92 Å². The van der Waals surface area contributed by atoms with E-state index >= 15 is 0 Å². The number of likely N-dealkylation sites (N-methyl/N-ethyl adjacent to an activating group) is 1. The zero-order chi connectivity index (χ0) is 18.4. The van der Waals surface area contributed by atoms with E-state index < -0.39 is 0 Å². The Balaban J connectivity index is 1.85. The van der Waals surface area contributed by atoms with Crippen LogP contribution in [0, 0.1) is 17.2 Å². The molecule has 1 fully saturated rings. The van der Waals surface area contributed by atoms with E-state index in [0.29, 0.717) is 25.6 Å². The molecule has 6 nitrogen and oxygen atoms in total. The second kappa shape index (κ2) is 8.93. The number of hydrogen-bond acceptors (Lipinski definition) is 5. The van der Waals surface area contributed by atoms with E-state index in [0.717, 1.165) is 18.8 Å². The topological polar surface area (TPSA) is 63.5 Å². The van der Waals surface area contributed by atoms with Crippen LogP contribution in [-0.4, -0.2) is 71.4 Å². The maximum Gasteiger partial charge on any atom is 0.236 e. The zero-order valence-corrected chi connectivity index (χ0v) is 15.7. The lowest BCUT2D eigenvalue weighted by molar-refractivity contribution is -0.134.